The minimum absolute atomic E-state index is 0.167. The lowest BCUT2D eigenvalue weighted by Gasteiger charge is -2.61. The zero-order chi connectivity index (χ0) is 19.8. The lowest BCUT2D eigenvalue weighted by Crippen LogP contribution is -2.67. The molecule has 5 rings (SSSR count). The number of hydrogen-bond donors (Lipinski definition) is 3. The van der Waals surface area contributed by atoms with Crippen LogP contribution in [0.5, 0.6) is 0 Å². The maximum absolute atomic E-state index is 12.5. The number of sulfonamides is 1. The fourth-order valence-corrected chi connectivity index (χ4v) is 5.06. The van der Waals surface area contributed by atoms with Crippen LogP contribution in [-0.4, -0.2) is 37.3 Å². The van der Waals surface area contributed by atoms with Gasteiger partial charge in [0.25, 0.3) is 5.91 Å². The molecule has 0 spiro atoms. The summed E-state index contributed by atoms with van der Waals surface area (Å²) in [5.41, 5.74) is 0.578. The van der Waals surface area contributed by atoms with Gasteiger partial charge in [0.1, 0.15) is 0 Å². The second kappa shape index (κ2) is 6.99. The normalized spacial score (nSPS) is 22.5. The molecule has 3 aliphatic carbocycles. The third-order valence-corrected chi connectivity index (χ3v) is 6.77. The molecule has 0 atom stereocenters. The van der Waals surface area contributed by atoms with Crippen molar-refractivity contribution in [2.75, 3.05) is 11.9 Å². The van der Waals surface area contributed by atoms with Crippen molar-refractivity contribution in [2.45, 2.75) is 29.7 Å². The van der Waals surface area contributed by atoms with E-state index < -0.39 is 21.8 Å². The molecule has 1 heterocycles. The van der Waals surface area contributed by atoms with Crippen molar-refractivity contribution in [2.24, 2.45) is 5.92 Å². The number of benzene rings is 1. The molecule has 2 amide bonds. The summed E-state index contributed by atoms with van der Waals surface area (Å²) in [6.45, 7) is -0.209. The van der Waals surface area contributed by atoms with Crippen LogP contribution in [0, 0.1) is 5.92 Å². The lowest BCUT2D eigenvalue weighted by atomic mass is 9.50. The first-order valence-corrected chi connectivity index (χ1v) is 10.5. The molecule has 9 heteroatoms. The number of nitrogens with one attached hydrogen (secondary N) is 3. The molecule has 3 saturated carbocycles. The van der Waals surface area contributed by atoms with Gasteiger partial charge in [0.15, 0.2) is 0 Å². The second-order valence-corrected chi connectivity index (χ2v) is 9.04. The highest BCUT2D eigenvalue weighted by Crippen LogP contribution is 2.57. The number of carbonyl (C=O) groups is 2. The zero-order valence-corrected chi connectivity index (χ0v) is 15.8. The van der Waals surface area contributed by atoms with E-state index in [2.05, 4.69) is 20.3 Å². The first kappa shape index (κ1) is 18.6. The Morgan fingerprint density at radius 3 is 2.39 bits per heavy atom. The molecule has 3 aliphatic rings. The molecule has 0 saturated heterocycles. The fourth-order valence-electron chi connectivity index (χ4n) is 3.63. The summed E-state index contributed by atoms with van der Waals surface area (Å²) in [7, 11) is -3.56. The summed E-state index contributed by atoms with van der Waals surface area (Å²) in [5.74, 6) is -0.136. The maximum atomic E-state index is 12.5. The summed E-state index contributed by atoms with van der Waals surface area (Å²) >= 11 is 0. The number of hydrogen-bond acceptors (Lipinski definition) is 5. The Balaban J connectivity index is 1.30. The standard InChI is InChI=1S/C19H20N4O4S/c24-17(12-21-18(25)14-2-1-7-20-11-14)22-15-3-5-16(6-4-15)28(26,27)23-19-8-13(9-19)10-19/h1-7,11,13,23H,8-10,12H2,(H,21,25)(H,22,24). The van der Waals surface area contributed by atoms with Crippen LogP contribution in [0.2, 0.25) is 0 Å². The monoisotopic (exact) mass is 400 g/mol. The molecule has 0 radical (unpaired) electrons. The number of pyridine rings is 1. The van der Waals surface area contributed by atoms with Gasteiger partial charge < -0.3 is 10.6 Å². The highest BCUT2D eigenvalue weighted by Gasteiger charge is 2.58. The van der Waals surface area contributed by atoms with Crippen molar-refractivity contribution >= 4 is 27.5 Å². The predicted octanol–water partition coefficient (Wildman–Crippen LogP) is 1.28. The van der Waals surface area contributed by atoms with Gasteiger partial charge in [-0.2, -0.15) is 0 Å². The maximum Gasteiger partial charge on any atom is 0.253 e. The smallest absolute Gasteiger partial charge is 0.253 e. The quantitative estimate of drug-likeness (QED) is 0.647. The molecule has 1 aromatic heterocycles. The van der Waals surface area contributed by atoms with Gasteiger partial charge in [-0.15, -0.1) is 0 Å². The molecule has 3 N–H and O–H groups in total. The molecule has 0 unspecified atom stereocenters. The van der Waals surface area contributed by atoms with Gasteiger partial charge in [0.2, 0.25) is 15.9 Å². The van der Waals surface area contributed by atoms with E-state index in [1.165, 1.54) is 30.5 Å². The van der Waals surface area contributed by atoms with Crippen LogP contribution in [-0.2, 0) is 14.8 Å². The Kier molecular flexibility index (Phi) is 4.64. The number of carbonyl (C=O) groups excluding carboxylic acids is 2. The van der Waals surface area contributed by atoms with E-state index in [4.69, 9.17) is 0 Å². The van der Waals surface area contributed by atoms with E-state index in [0.717, 1.165) is 19.3 Å². The number of anilines is 1. The van der Waals surface area contributed by atoms with E-state index in [0.29, 0.717) is 17.2 Å². The molecule has 3 fully saturated rings. The Hall–Kier alpha value is -2.78. The summed E-state index contributed by atoms with van der Waals surface area (Å²) in [5, 5.41) is 5.12. The van der Waals surface area contributed by atoms with Crippen LogP contribution in [0.25, 0.3) is 0 Å². The van der Waals surface area contributed by atoms with E-state index in [-0.39, 0.29) is 17.0 Å². The number of aromatic nitrogens is 1. The van der Waals surface area contributed by atoms with Gasteiger partial charge in [-0.1, -0.05) is 0 Å². The van der Waals surface area contributed by atoms with Gasteiger partial charge >= 0.3 is 0 Å². The van der Waals surface area contributed by atoms with Gasteiger partial charge in [-0.05, 0) is 61.6 Å². The molecule has 28 heavy (non-hydrogen) atoms. The van der Waals surface area contributed by atoms with Gasteiger partial charge in [0, 0.05) is 23.6 Å². The highest BCUT2D eigenvalue weighted by molar-refractivity contribution is 7.89. The summed E-state index contributed by atoms with van der Waals surface area (Å²) < 4.78 is 27.7. The van der Waals surface area contributed by atoms with Gasteiger partial charge in [-0.25, -0.2) is 13.1 Å². The Morgan fingerprint density at radius 2 is 1.82 bits per heavy atom. The largest absolute Gasteiger partial charge is 0.343 e. The van der Waals surface area contributed by atoms with Crippen LogP contribution in [0.4, 0.5) is 5.69 Å². The molecule has 2 aromatic rings. The fraction of sp³-hybridized carbons (Fsp3) is 0.316. The van der Waals surface area contributed by atoms with Crippen LogP contribution in [0.3, 0.4) is 0 Å². The highest BCUT2D eigenvalue weighted by atomic mass is 32.2. The SMILES string of the molecule is O=C(CNC(=O)c1cccnc1)Nc1ccc(S(=O)(=O)NC23CC(C2)C3)cc1. The summed E-state index contributed by atoms with van der Waals surface area (Å²) in [4.78, 5) is 27.9. The molecule has 146 valence electrons. The van der Waals surface area contributed by atoms with Crippen LogP contribution < -0.4 is 15.4 Å². The lowest BCUT2D eigenvalue weighted by molar-refractivity contribution is -0.115. The summed E-state index contributed by atoms with van der Waals surface area (Å²) in [6, 6.07) is 9.19. The Labute approximate surface area is 162 Å². The molecular weight excluding hydrogens is 380 g/mol. The first-order chi connectivity index (χ1) is 13.4. The molecule has 8 nitrogen and oxygen atoms in total. The van der Waals surface area contributed by atoms with E-state index in [1.54, 1.807) is 18.3 Å². The number of rotatable bonds is 7. The van der Waals surface area contributed by atoms with Crippen LogP contribution in [0.15, 0.2) is 53.7 Å². The molecular formula is C19H20N4O4S. The van der Waals surface area contributed by atoms with Gasteiger partial charge in [-0.3, -0.25) is 14.6 Å². The van der Waals surface area contributed by atoms with Crippen molar-refractivity contribution in [3.05, 3.63) is 54.4 Å². The number of nitrogens with zero attached hydrogens (tertiary/aromatic N) is 1. The average molecular weight is 400 g/mol. The van der Waals surface area contributed by atoms with E-state index >= 15 is 0 Å². The minimum Gasteiger partial charge on any atom is -0.343 e. The van der Waals surface area contributed by atoms with Crippen molar-refractivity contribution in [3.63, 3.8) is 0 Å². The van der Waals surface area contributed by atoms with Gasteiger partial charge in [0.05, 0.1) is 17.0 Å². The van der Waals surface area contributed by atoms with E-state index in [9.17, 15) is 18.0 Å². The zero-order valence-electron chi connectivity index (χ0n) is 15.0. The molecule has 2 bridgehead atoms. The summed E-state index contributed by atoms with van der Waals surface area (Å²) in [6.07, 6.45) is 5.73. The predicted molar refractivity (Wildman–Crippen MR) is 102 cm³/mol. The Morgan fingerprint density at radius 1 is 1.11 bits per heavy atom. The first-order valence-electron chi connectivity index (χ1n) is 8.97. The minimum atomic E-state index is -3.56. The third-order valence-electron chi connectivity index (χ3n) is 5.17. The molecule has 1 aromatic carbocycles. The van der Waals surface area contributed by atoms with Crippen molar-refractivity contribution in [1.29, 1.82) is 0 Å². The van der Waals surface area contributed by atoms with Crippen LogP contribution in [0.1, 0.15) is 29.6 Å². The van der Waals surface area contributed by atoms with E-state index in [1.807, 2.05) is 0 Å². The Bertz CT molecular complexity index is 989. The average Bonchev–Trinajstić information content (AvgIpc) is 2.63. The molecule has 0 aliphatic heterocycles. The topological polar surface area (TPSA) is 117 Å². The third kappa shape index (κ3) is 3.76. The van der Waals surface area contributed by atoms with Crippen molar-refractivity contribution in [1.82, 2.24) is 15.0 Å². The van der Waals surface area contributed by atoms with Crippen molar-refractivity contribution in [3.8, 4) is 0 Å². The number of amides is 2. The van der Waals surface area contributed by atoms with Crippen LogP contribution >= 0.6 is 0 Å². The van der Waals surface area contributed by atoms with Crippen molar-refractivity contribution < 1.29 is 18.0 Å². The second-order valence-electron chi connectivity index (χ2n) is 7.36.